The normalized spacial score (nSPS) is 12.3. The predicted octanol–water partition coefficient (Wildman–Crippen LogP) is 8.57. The van der Waals surface area contributed by atoms with Crippen LogP contribution in [0.1, 0.15) is 57.6 Å². The molecule has 0 amide bonds. The Balaban J connectivity index is 1.95. The number of aromatic nitrogens is 2. The van der Waals surface area contributed by atoms with Gasteiger partial charge in [0.2, 0.25) is 0 Å². The number of benzene rings is 2. The van der Waals surface area contributed by atoms with Crippen LogP contribution in [0, 0.1) is 0 Å². The second-order valence-corrected chi connectivity index (χ2v) is 12.1. The lowest BCUT2D eigenvalue weighted by Crippen LogP contribution is -2.14. The number of alkyl halides is 3. The van der Waals surface area contributed by atoms with Gasteiger partial charge in [-0.3, -0.25) is 4.98 Å². The number of thioether (sulfide) groups is 1. The van der Waals surface area contributed by atoms with E-state index >= 15 is 0 Å². The van der Waals surface area contributed by atoms with Gasteiger partial charge in [-0.05, 0) is 69.3 Å². The number of halogens is 3. The van der Waals surface area contributed by atoms with Crippen LogP contribution in [-0.4, -0.2) is 33.0 Å². The first-order valence-electron chi connectivity index (χ1n) is 12.6. The van der Waals surface area contributed by atoms with Gasteiger partial charge in [0, 0.05) is 32.5 Å². The fourth-order valence-electron chi connectivity index (χ4n) is 4.16. The SMILES string of the molecule is CCOC(=O)c1c(SC(C)(C)C)c2cc(-c3ccc(C(F)(F)F)cn3)ccc2n1-c1ccc(OC(C)C)cc1. The Hall–Kier alpha value is -3.46. The molecule has 0 atom stereocenters. The second kappa shape index (κ2) is 11.0. The second-order valence-electron chi connectivity index (χ2n) is 10.3. The van der Waals surface area contributed by atoms with Crippen LogP contribution < -0.4 is 4.74 Å². The Bertz CT molecular complexity index is 1470. The number of pyridine rings is 1. The van der Waals surface area contributed by atoms with E-state index < -0.39 is 17.7 Å². The van der Waals surface area contributed by atoms with Crippen molar-refractivity contribution in [2.24, 2.45) is 0 Å². The molecule has 5 nitrogen and oxygen atoms in total. The molecule has 2 aromatic heterocycles. The molecule has 0 N–H and O–H groups in total. The molecule has 9 heteroatoms. The lowest BCUT2D eigenvalue weighted by atomic mass is 10.1. The van der Waals surface area contributed by atoms with Crippen LogP contribution in [-0.2, 0) is 10.9 Å². The molecule has 0 bridgehead atoms. The highest BCUT2D eigenvalue weighted by Gasteiger charge is 2.31. The lowest BCUT2D eigenvalue weighted by molar-refractivity contribution is -0.137. The zero-order chi connectivity index (χ0) is 28.5. The first kappa shape index (κ1) is 28.5. The van der Waals surface area contributed by atoms with Crippen LogP contribution >= 0.6 is 11.8 Å². The molecule has 206 valence electrons. The average molecular weight is 557 g/mol. The molecule has 0 saturated heterocycles. The van der Waals surface area contributed by atoms with Crippen molar-refractivity contribution in [2.45, 2.75) is 63.5 Å². The molecular weight excluding hydrogens is 525 g/mol. The number of hydrogen-bond donors (Lipinski definition) is 0. The molecular formula is C30H31F3N2O3S. The number of nitrogens with zero attached hydrogens (tertiary/aromatic N) is 2. The number of esters is 1. The van der Waals surface area contributed by atoms with Gasteiger partial charge in [-0.2, -0.15) is 13.2 Å². The summed E-state index contributed by atoms with van der Waals surface area (Å²) in [5.41, 5.74) is 2.13. The minimum Gasteiger partial charge on any atom is -0.491 e. The van der Waals surface area contributed by atoms with E-state index in [1.165, 1.54) is 17.8 Å². The highest BCUT2D eigenvalue weighted by atomic mass is 32.2. The van der Waals surface area contributed by atoms with E-state index in [4.69, 9.17) is 9.47 Å². The maximum atomic E-state index is 13.4. The largest absolute Gasteiger partial charge is 0.491 e. The van der Waals surface area contributed by atoms with Gasteiger partial charge in [-0.15, -0.1) is 11.8 Å². The number of carbonyl (C=O) groups is 1. The fraction of sp³-hybridized carbons (Fsp3) is 0.333. The van der Waals surface area contributed by atoms with Gasteiger partial charge >= 0.3 is 12.1 Å². The minimum atomic E-state index is -4.46. The van der Waals surface area contributed by atoms with Crippen LogP contribution in [0.4, 0.5) is 13.2 Å². The van der Waals surface area contributed by atoms with Gasteiger partial charge in [0.15, 0.2) is 0 Å². The van der Waals surface area contributed by atoms with Crippen molar-refractivity contribution in [2.75, 3.05) is 6.61 Å². The van der Waals surface area contributed by atoms with E-state index in [-0.39, 0.29) is 17.5 Å². The van der Waals surface area contributed by atoms with Crippen molar-refractivity contribution < 1.29 is 27.4 Å². The molecule has 0 aliphatic rings. The monoisotopic (exact) mass is 556 g/mol. The first-order chi connectivity index (χ1) is 18.3. The van der Waals surface area contributed by atoms with Crippen molar-refractivity contribution in [3.63, 3.8) is 0 Å². The molecule has 0 unspecified atom stereocenters. The third-order valence-electron chi connectivity index (χ3n) is 5.65. The average Bonchev–Trinajstić information content (AvgIpc) is 3.16. The summed E-state index contributed by atoms with van der Waals surface area (Å²) in [5.74, 6) is 0.250. The van der Waals surface area contributed by atoms with Gasteiger partial charge in [-0.25, -0.2) is 4.79 Å². The molecule has 0 radical (unpaired) electrons. The smallest absolute Gasteiger partial charge is 0.417 e. The minimum absolute atomic E-state index is 0.0189. The Morgan fingerprint density at radius 2 is 1.72 bits per heavy atom. The van der Waals surface area contributed by atoms with E-state index in [1.54, 1.807) is 13.0 Å². The lowest BCUT2D eigenvalue weighted by Gasteiger charge is -2.19. The summed E-state index contributed by atoms with van der Waals surface area (Å²) in [6, 6.07) is 15.4. The van der Waals surface area contributed by atoms with Crippen LogP contribution in [0.5, 0.6) is 5.75 Å². The number of rotatable bonds is 7. The zero-order valence-corrected chi connectivity index (χ0v) is 23.5. The van der Waals surface area contributed by atoms with Crippen molar-refractivity contribution in [3.8, 4) is 22.7 Å². The molecule has 2 heterocycles. The van der Waals surface area contributed by atoms with Crippen LogP contribution in [0.3, 0.4) is 0 Å². The van der Waals surface area contributed by atoms with Crippen LogP contribution in [0.15, 0.2) is 65.7 Å². The molecule has 4 rings (SSSR count). The summed E-state index contributed by atoms with van der Waals surface area (Å²) in [7, 11) is 0. The third-order valence-corrected chi connectivity index (χ3v) is 6.88. The Morgan fingerprint density at radius 3 is 2.26 bits per heavy atom. The molecule has 0 aliphatic carbocycles. The summed E-state index contributed by atoms with van der Waals surface area (Å²) in [6.07, 6.45) is -3.61. The van der Waals surface area contributed by atoms with Crippen molar-refractivity contribution >= 4 is 28.6 Å². The highest BCUT2D eigenvalue weighted by Crippen LogP contribution is 2.43. The molecule has 0 fully saturated rings. The number of fused-ring (bicyclic) bond motifs is 1. The predicted molar refractivity (Wildman–Crippen MR) is 149 cm³/mol. The third kappa shape index (κ3) is 6.41. The van der Waals surface area contributed by atoms with Gasteiger partial charge in [-0.1, -0.05) is 26.8 Å². The molecule has 2 aromatic carbocycles. The maximum absolute atomic E-state index is 13.4. The summed E-state index contributed by atoms with van der Waals surface area (Å²) in [4.78, 5) is 18.2. The van der Waals surface area contributed by atoms with E-state index in [0.717, 1.165) is 33.7 Å². The number of carbonyl (C=O) groups excluding carboxylic acids is 1. The molecule has 0 saturated carbocycles. The van der Waals surface area contributed by atoms with Gasteiger partial charge < -0.3 is 14.0 Å². The van der Waals surface area contributed by atoms with E-state index in [0.29, 0.717) is 22.7 Å². The van der Waals surface area contributed by atoms with Crippen molar-refractivity contribution in [3.05, 3.63) is 72.1 Å². The van der Waals surface area contributed by atoms with Crippen molar-refractivity contribution in [1.29, 1.82) is 0 Å². The summed E-state index contributed by atoms with van der Waals surface area (Å²) in [5, 5.41) is 0.777. The van der Waals surface area contributed by atoms with E-state index in [9.17, 15) is 18.0 Å². The fourth-order valence-corrected chi connectivity index (χ4v) is 5.32. The molecule has 0 aliphatic heterocycles. The first-order valence-corrected chi connectivity index (χ1v) is 13.5. The highest BCUT2D eigenvalue weighted by molar-refractivity contribution is 8.00. The van der Waals surface area contributed by atoms with Gasteiger partial charge in [0.1, 0.15) is 11.4 Å². The Kier molecular flexibility index (Phi) is 8.02. The van der Waals surface area contributed by atoms with Gasteiger partial charge in [0.25, 0.3) is 0 Å². The van der Waals surface area contributed by atoms with E-state index in [2.05, 4.69) is 25.8 Å². The summed E-state index contributed by atoms with van der Waals surface area (Å²) in [6.45, 7) is 12.0. The Morgan fingerprint density at radius 1 is 1.03 bits per heavy atom. The van der Waals surface area contributed by atoms with E-state index in [1.807, 2.05) is 54.8 Å². The van der Waals surface area contributed by atoms with Crippen LogP contribution in [0.25, 0.3) is 27.8 Å². The molecule has 39 heavy (non-hydrogen) atoms. The van der Waals surface area contributed by atoms with Crippen LogP contribution in [0.2, 0.25) is 0 Å². The quantitative estimate of drug-likeness (QED) is 0.169. The number of ether oxygens (including phenoxy) is 2. The number of hydrogen-bond acceptors (Lipinski definition) is 5. The topological polar surface area (TPSA) is 53.3 Å². The molecule has 4 aromatic rings. The van der Waals surface area contributed by atoms with Crippen molar-refractivity contribution in [1.82, 2.24) is 9.55 Å². The standard InChI is InChI=1S/C30H31F3N2O3S/c1-7-37-28(36)26-27(39-29(4,5)6)23-16-19(24-14-9-20(17-34-24)30(31,32)33)8-15-25(23)35(26)21-10-12-22(13-11-21)38-18(2)3/h8-18H,7H2,1-6H3. The zero-order valence-electron chi connectivity index (χ0n) is 22.7. The Labute approximate surface area is 230 Å². The van der Waals surface area contributed by atoms with Gasteiger partial charge in [0.05, 0.1) is 29.5 Å². The molecule has 0 spiro atoms. The summed E-state index contributed by atoms with van der Waals surface area (Å²) >= 11 is 1.53. The summed E-state index contributed by atoms with van der Waals surface area (Å²) < 4.78 is 52.1. The maximum Gasteiger partial charge on any atom is 0.417 e.